The standard InChI is InChI=1S/C20H18FN5O2/c1-12-8-16-15(18(27)28)6-3-7-17(16)26(12)20-24-11-23-19(25-20)22-10-13-4-2-5-14(21)9-13/h2-7,9,11-12H,8,10H2,1H3,(H,27,28)(H,22,23,24,25). The lowest BCUT2D eigenvalue weighted by atomic mass is 10.0. The van der Waals surface area contributed by atoms with Crippen molar-refractivity contribution in [2.75, 3.05) is 10.2 Å². The van der Waals surface area contributed by atoms with Crippen LogP contribution in [0.2, 0.25) is 0 Å². The molecule has 0 spiro atoms. The first-order valence-corrected chi connectivity index (χ1v) is 8.84. The van der Waals surface area contributed by atoms with Gasteiger partial charge in [0.25, 0.3) is 0 Å². The lowest BCUT2D eigenvalue weighted by Gasteiger charge is -2.22. The molecule has 0 radical (unpaired) electrons. The van der Waals surface area contributed by atoms with Gasteiger partial charge in [0.05, 0.1) is 5.56 Å². The Morgan fingerprint density at radius 3 is 2.89 bits per heavy atom. The van der Waals surface area contributed by atoms with Crippen LogP contribution in [0.25, 0.3) is 0 Å². The molecule has 0 saturated heterocycles. The molecule has 1 unspecified atom stereocenters. The van der Waals surface area contributed by atoms with Crippen LogP contribution >= 0.6 is 0 Å². The maximum atomic E-state index is 13.3. The molecule has 28 heavy (non-hydrogen) atoms. The summed E-state index contributed by atoms with van der Waals surface area (Å²) in [5.41, 5.74) is 2.63. The Morgan fingerprint density at radius 2 is 2.11 bits per heavy atom. The van der Waals surface area contributed by atoms with E-state index < -0.39 is 5.97 Å². The van der Waals surface area contributed by atoms with E-state index in [0.717, 1.165) is 16.8 Å². The minimum atomic E-state index is -0.945. The van der Waals surface area contributed by atoms with E-state index in [1.54, 1.807) is 18.2 Å². The van der Waals surface area contributed by atoms with Crippen molar-refractivity contribution in [2.24, 2.45) is 0 Å². The second-order valence-electron chi connectivity index (χ2n) is 6.62. The molecule has 0 aliphatic carbocycles. The molecule has 2 aromatic carbocycles. The molecule has 1 atom stereocenters. The number of halogens is 1. The van der Waals surface area contributed by atoms with Crippen molar-refractivity contribution < 1.29 is 14.3 Å². The van der Waals surface area contributed by atoms with Gasteiger partial charge in [0, 0.05) is 18.3 Å². The van der Waals surface area contributed by atoms with E-state index in [2.05, 4.69) is 20.3 Å². The third-order valence-electron chi connectivity index (χ3n) is 4.70. The van der Waals surface area contributed by atoms with Crippen molar-refractivity contribution in [2.45, 2.75) is 25.9 Å². The first-order valence-electron chi connectivity index (χ1n) is 8.84. The molecule has 0 saturated carbocycles. The quantitative estimate of drug-likeness (QED) is 0.702. The Labute approximate surface area is 160 Å². The summed E-state index contributed by atoms with van der Waals surface area (Å²) in [6, 6.07) is 11.5. The number of anilines is 3. The van der Waals surface area contributed by atoms with Gasteiger partial charge in [-0.1, -0.05) is 18.2 Å². The molecule has 8 heteroatoms. The van der Waals surface area contributed by atoms with Crippen LogP contribution in [0.15, 0.2) is 48.8 Å². The molecular formula is C20H18FN5O2. The van der Waals surface area contributed by atoms with E-state index >= 15 is 0 Å². The third kappa shape index (κ3) is 3.36. The topological polar surface area (TPSA) is 91.2 Å². The normalized spacial score (nSPS) is 15.4. The van der Waals surface area contributed by atoms with Crippen LogP contribution in [-0.4, -0.2) is 32.1 Å². The van der Waals surface area contributed by atoms with E-state index in [1.165, 1.54) is 18.5 Å². The van der Waals surface area contributed by atoms with Gasteiger partial charge in [-0.2, -0.15) is 4.98 Å². The highest BCUT2D eigenvalue weighted by atomic mass is 19.1. The summed E-state index contributed by atoms with van der Waals surface area (Å²) in [4.78, 5) is 26.3. The molecule has 4 rings (SSSR count). The molecule has 0 amide bonds. The minimum Gasteiger partial charge on any atom is -0.478 e. The second-order valence-corrected chi connectivity index (χ2v) is 6.62. The van der Waals surface area contributed by atoms with Crippen LogP contribution < -0.4 is 10.2 Å². The molecule has 7 nitrogen and oxygen atoms in total. The molecule has 0 fully saturated rings. The van der Waals surface area contributed by atoms with Crippen LogP contribution in [0.3, 0.4) is 0 Å². The smallest absolute Gasteiger partial charge is 0.336 e. The maximum absolute atomic E-state index is 13.3. The highest BCUT2D eigenvalue weighted by Crippen LogP contribution is 2.38. The molecule has 1 aromatic heterocycles. The van der Waals surface area contributed by atoms with E-state index in [-0.39, 0.29) is 11.9 Å². The van der Waals surface area contributed by atoms with Gasteiger partial charge < -0.3 is 15.3 Å². The monoisotopic (exact) mass is 379 g/mol. The third-order valence-corrected chi connectivity index (χ3v) is 4.70. The Hall–Kier alpha value is -3.55. The van der Waals surface area contributed by atoms with Crippen molar-refractivity contribution in [1.29, 1.82) is 0 Å². The van der Waals surface area contributed by atoms with E-state index in [0.29, 0.717) is 30.4 Å². The number of benzene rings is 2. The number of aromatic carboxylic acids is 1. The van der Waals surface area contributed by atoms with E-state index in [9.17, 15) is 14.3 Å². The zero-order valence-corrected chi connectivity index (χ0v) is 15.1. The van der Waals surface area contributed by atoms with Gasteiger partial charge in [-0.25, -0.2) is 19.2 Å². The number of carboxylic acids is 1. The Morgan fingerprint density at radius 1 is 1.29 bits per heavy atom. The summed E-state index contributed by atoms with van der Waals surface area (Å²) in [5, 5.41) is 12.5. The van der Waals surface area contributed by atoms with Gasteiger partial charge in [0.15, 0.2) is 0 Å². The zero-order chi connectivity index (χ0) is 19.7. The lowest BCUT2D eigenvalue weighted by Crippen LogP contribution is -2.26. The first kappa shape index (κ1) is 17.8. The summed E-state index contributed by atoms with van der Waals surface area (Å²) in [6.45, 7) is 2.37. The summed E-state index contributed by atoms with van der Waals surface area (Å²) in [5.74, 6) is -0.443. The summed E-state index contributed by atoms with van der Waals surface area (Å²) in [7, 11) is 0. The number of hydrogen-bond donors (Lipinski definition) is 2. The lowest BCUT2D eigenvalue weighted by molar-refractivity contribution is 0.0696. The molecule has 2 heterocycles. The van der Waals surface area contributed by atoms with Gasteiger partial charge in [0.2, 0.25) is 11.9 Å². The van der Waals surface area contributed by atoms with Gasteiger partial charge in [-0.15, -0.1) is 0 Å². The van der Waals surface area contributed by atoms with Crippen LogP contribution in [0.5, 0.6) is 0 Å². The van der Waals surface area contributed by atoms with Gasteiger partial charge in [0.1, 0.15) is 12.1 Å². The molecule has 1 aliphatic heterocycles. The maximum Gasteiger partial charge on any atom is 0.336 e. The van der Waals surface area contributed by atoms with Crippen molar-refractivity contribution in [3.8, 4) is 0 Å². The number of carboxylic acid groups (broad SMARTS) is 1. The number of fused-ring (bicyclic) bond motifs is 1. The fourth-order valence-electron chi connectivity index (χ4n) is 3.46. The Kier molecular flexibility index (Phi) is 4.60. The van der Waals surface area contributed by atoms with Crippen molar-refractivity contribution in [3.63, 3.8) is 0 Å². The largest absolute Gasteiger partial charge is 0.478 e. The van der Waals surface area contributed by atoms with E-state index in [4.69, 9.17) is 0 Å². The molecule has 142 valence electrons. The Bertz CT molecular complexity index is 1040. The summed E-state index contributed by atoms with van der Waals surface area (Å²) >= 11 is 0. The predicted octanol–water partition coefficient (Wildman–Crippen LogP) is 3.40. The highest BCUT2D eigenvalue weighted by molar-refractivity contribution is 5.92. The van der Waals surface area contributed by atoms with E-state index in [1.807, 2.05) is 24.0 Å². The molecule has 3 aromatic rings. The van der Waals surface area contributed by atoms with Crippen molar-refractivity contribution in [1.82, 2.24) is 15.0 Å². The SMILES string of the molecule is CC1Cc2c(C(=O)O)cccc2N1c1ncnc(NCc2cccc(F)c2)n1. The predicted molar refractivity (Wildman–Crippen MR) is 102 cm³/mol. The first-order chi connectivity index (χ1) is 13.5. The molecular weight excluding hydrogens is 361 g/mol. The van der Waals surface area contributed by atoms with Crippen molar-refractivity contribution >= 4 is 23.6 Å². The number of rotatable bonds is 5. The van der Waals surface area contributed by atoms with Gasteiger partial charge in [-0.05, 0) is 48.7 Å². The summed E-state index contributed by atoms with van der Waals surface area (Å²) < 4.78 is 13.3. The Balaban J connectivity index is 1.60. The molecule has 1 aliphatic rings. The summed E-state index contributed by atoms with van der Waals surface area (Å²) in [6.07, 6.45) is 2.00. The second kappa shape index (κ2) is 7.22. The number of aromatic nitrogens is 3. The minimum absolute atomic E-state index is 0.00830. The van der Waals surface area contributed by atoms with Crippen molar-refractivity contribution in [3.05, 3.63) is 71.3 Å². The van der Waals surface area contributed by atoms with Gasteiger partial charge in [-0.3, -0.25) is 0 Å². The molecule has 0 bridgehead atoms. The fraction of sp³-hybridized carbons (Fsp3) is 0.200. The number of carbonyl (C=O) groups is 1. The average molecular weight is 379 g/mol. The average Bonchev–Trinajstić information content (AvgIpc) is 3.02. The molecule has 2 N–H and O–H groups in total. The number of hydrogen-bond acceptors (Lipinski definition) is 6. The zero-order valence-electron chi connectivity index (χ0n) is 15.1. The van der Waals surface area contributed by atoms with Gasteiger partial charge >= 0.3 is 5.97 Å². The fourth-order valence-corrected chi connectivity index (χ4v) is 3.46. The number of nitrogens with zero attached hydrogens (tertiary/aromatic N) is 4. The van der Waals surface area contributed by atoms with Crippen LogP contribution in [0.1, 0.15) is 28.4 Å². The van der Waals surface area contributed by atoms with Crippen LogP contribution in [0.4, 0.5) is 22.0 Å². The van der Waals surface area contributed by atoms with Crippen LogP contribution in [-0.2, 0) is 13.0 Å². The highest BCUT2D eigenvalue weighted by Gasteiger charge is 2.32. The van der Waals surface area contributed by atoms with Crippen LogP contribution in [0, 0.1) is 5.82 Å². The number of nitrogens with one attached hydrogen (secondary N) is 1.